The number of rotatable bonds is 7. The Morgan fingerprint density at radius 3 is 2.62 bits per heavy atom. The van der Waals surface area contributed by atoms with Crippen LogP contribution < -0.4 is 19.7 Å². The van der Waals surface area contributed by atoms with Gasteiger partial charge in [0, 0.05) is 0 Å². The molecule has 0 unspecified atom stereocenters. The average molecular weight is 561 g/mol. The fourth-order valence-corrected chi connectivity index (χ4v) is 4.07. The Labute approximate surface area is 226 Å². The molecule has 4 rings (SSSR count). The summed E-state index contributed by atoms with van der Waals surface area (Å²) in [6.07, 6.45) is 1.40. The van der Waals surface area contributed by atoms with Gasteiger partial charge in [0.1, 0.15) is 17.9 Å². The highest BCUT2D eigenvalue weighted by Gasteiger charge is 2.35. The van der Waals surface area contributed by atoms with E-state index in [0.717, 1.165) is 4.90 Å². The van der Waals surface area contributed by atoms with Gasteiger partial charge in [-0.15, -0.1) is 0 Å². The lowest BCUT2D eigenvalue weighted by molar-refractivity contribution is -0.122. The number of hydrogen-bond acceptors (Lipinski definition) is 8. The molecule has 0 bridgehead atoms. The van der Waals surface area contributed by atoms with Crippen LogP contribution in [0.3, 0.4) is 0 Å². The van der Waals surface area contributed by atoms with E-state index in [1.54, 1.807) is 42.5 Å². The molecule has 1 fully saturated rings. The van der Waals surface area contributed by atoms with Crippen molar-refractivity contribution in [2.24, 2.45) is 0 Å². The standard InChI is InChI=1S/C25H18Cl2N2O7S/c1-33-20-11-13(6-8-18(20)35-12-14-7-9-19(36-14)24(32)34-2)10-15-22(30)28-25(37)29(23(15)31)17-5-3-4-16(26)21(17)27/h3-11H,12H2,1-2H3,(H,28,30,37)/b15-10-. The maximum atomic E-state index is 13.3. The lowest BCUT2D eigenvalue weighted by atomic mass is 10.1. The smallest absolute Gasteiger partial charge is 0.373 e. The number of nitrogens with one attached hydrogen (secondary N) is 1. The number of carbonyl (C=O) groups excluding carboxylic acids is 3. The summed E-state index contributed by atoms with van der Waals surface area (Å²) in [7, 11) is 2.70. The number of furan rings is 1. The number of benzene rings is 2. The molecule has 0 spiro atoms. The van der Waals surface area contributed by atoms with E-state index in [9.17, 15) is 14.4 Å². The number of nitrogens with zero attached hydrogens (tertiary/aromatic N) is 1. The summed E-state index contributed by atoms with van der Waals surface area (Å²) < 4.78 is 21.2. The molecule has 1 aromatic heterocycles. The van der Waals surface area contributed by atoms with E-state index in [0.29, 0.717) is 22.8 Å². The zero-order valence-electron chi connectivity index (χ0n) is 19.4. The van der Waals surface area contributed by atoms with Crippen LogP contribution in [0, 0.1) is 0 Å². The molecule has 1 aliphatic rings. The van der Waals surface area contributed by atoms with E-state index in [2.05, 4.69) is 10.1 Å². The van der Waals surface area contributed by atoms with Gasteiger partial charge in [-0.2, -0.15) is 0 Å². The first-order valence-corrected chi connectivity index (χ1v) is 11.7. The van der Waals surface area contributed by atoms with Crippen LogP contribution in [0.1, 0.15) is 21.9 Å². The van der Waals surface area contributed by atoms with Gasteiger partial charge < -0.3 is 18.6 Å². The van der Waals surface area contributed by atoms with Crippen LogP contribution >= 0.6 is 35.4 Å². The summed E-state index contributed by atoms with van der Waals surface area (Å²) >= 11 is 17.6. The summed E-state index contributed by atoms with van der Waals surface area (Å²) in [6, 6.07) is 12.7. The van der Waals surface area contributed by atoms with Crippen molar-refractivity contribution < 1.29 is 33.0 Å². The monoisotopic (exact) mass is 560 g/mol. The predicted molar refractivity (Wildman–Crippen MR) is 140 cm³/mol. The minimum atomic E-state index is -0.670. The molecule has 1 saturated heterocycles. The Morgan fingerprint density at radius 2 is 1.89 bits per heavy atom. The predicted octanol–water partition coefficient (Wildman–Crippen LogP) is 4.79. The van der Waals surface area contributed by atoms with E-state index in [1.807, 2.05) is 0 Å². The molecule has 3 aromatic rings. The molecule has 2 heterocycles. The van der Waals surface area contributed by atoms with Gasteiger partial charge in [-0.25, -0.2) is 4.79 Å². The summed E-state index contributed by atoms with van der Waals surface area (Å²) in [5.41, 5.74) is 0.551. The van der Waals surface area contributed by atoms with E-state index < -0.39 is 17.8 Å². The minimum absolute atomic E-state index is 0.0154. The van der Waals surface area contributed by atoms with E-state index in [1.165, 1.54) is 26.4 Å². The fraction of sp³-hybridized carbons (Fsp3) is 0.120. The molecular weight excluding hydrogens is 543 g/mol. The molecule has 0 saturated carbocycles. The van der Waals surface area contributed by atoms with Crippen molar-refractivity contribution in [2.75, 3.05) is 19.1 Å². The number of ether oxygens (including phenoxy) is 3. The molecular formula is C25H18Cl2N2O7S. The van der Waals surface area contributed by atoms with Crippen molar-refractivity contribution in [3.63, 3.8) is 0 Å². The Kier molecular flexibility index (Phi) is 7.82. The molecule has 0 aliphatic carbocycles. The molecule has 1 N–H and O–H groups in total. The van der Waals surface area contributed by atoms with Gasteiger partial charge in [0.15, 0.2) is 16.6 Å². The second-order valence-corrected chi connectivity index (χ2v) is 8.66. The van der Waals surface area contributed by atoms with Crippen molar-refractivity contribution in [1.29, 1.82) is 0 Å². The number of methoxy groups -OCH3 is 2. The van der Waals surface area contributed by atoms with Gasteiger partial charge in [-0.1, -0.05) is 35.3 Å². The summed E-state index contributed by atoms with van der Waals surface area (Å²) in [6.45, 7) is 0.0154. The van der Waals surface area contributed by atoms with Crippen molar-refractivity contribution in [2.45, 2.75) is 6.61 Å². The minimum Gasteiger partial charge on any atom is -0.493 e. The quantitative estimate of drug-likeness (QED) is 0.190. The van der Waals surface area contributed by atoms with Crippen LogP contribution in [0.5, 0.6) is 11.5 Å². The molecule has 2 aromatic carbocycles. The first kappa shape index (κ1) is 26.2. The van der Waals surface area contributed by atoms with Gasteiger partial charge in [-0.3, -0.25) is 19.8 Å². The number of hydrogen-bond donors (Lipinski definition) is 1. The molecule has 37 heavy (non-hydrogen) atoms. The van der Waals surface area contributed by atoms with Crippen LogP contribution in [-0.4, -0.2) is 37.1 Å². The van der Waals surface area contributed by atoms with Crippen molar-refractivity contribution >= 4 is 70.1 Å². The molecule has 0 atom stereocenters. The lowest BCUT2D eigenvalue weighted by Gasteiger charge is -2.29. The molecule has 2 amide bonds. The first-order valence-electron chi connectivity index (χ1n) is 10.6. The van der Waals surface area contributed by atoms with Crippen LogP contribution in [0.4, 0.5) is 5.69 Å². The maximum Gasteiger partial charge on any atom is 0.373 e. The molecule has 9 nitrogen and oxygen atoms in total. The zero-order chi connectivity index (χ0) is 26.7. The topological polar surface area (TPSA) is 107 Å². The van der Waals surface area contributed by atoms with Crippen LogP contribution in [0.15, 0.2) is 58.5 Å². The third-order valence-corrected chi connectivity index (χ3v) is 6.28. The first-order chi connectivity index (χ1) is 17.7. The Balaban J connectivity index is 1.58. The fourth-order valence-electron chi connectivity index (χ4n) is 3.42. The number of carbonyl (C=O) groups is 3. The summed E-state index contributed by atoms with van der Waals surface area (Å²) in [5, 5.41) is 2.73. The lowest BCUT2D eigenvalue weighted by Crippen LogP contribution is -2.54. The van der Waals surface area contributed by atoms with Crippen LogP contribution in [0.2, 0.25) is 10.0 Å². The second kappa shape index (κ2) is 11.0. The van der Waals surface area contributed by atoms with Gasteiger partial charge in [0.2, 0.25) is 5.76 Å². The summed E-state index contributed by atoms with van der Waals surface area (Å²) in [4.78, 5) is 38.6. The molecule has 12 heteroatoms. The number of halogens is 2. The molecule has 190 valence electrons. The third kappa shape index (κ3) is 5.46. The molecule has 1 aliphatic heterocycles. The van der Waals surface area contributed by atoms with Gasteiger partial charge >= 0.3 is 5.97 Å². The largest absolute Gasteiger partial charge is 0.493 e. The van der Waals surface area contributed by atoms with E-state index in [-0.39, 0.29) is 38.8 Å². The Hall–Kier alpha value is -3.86. The third-order valence-electron chi connectivity index (χ3n) is 5.19. The van der Waals surface area contributed by atoms with E-state index in [4.69, 9.17) is 49.3 Å². The van der Waals surface area contributed by atoms with Gasteiger partial charge in [0.05, 0.1) is 30.0 Å². The zero-order valence-corrected chi connectivity index (χ0v) is 21.7. The normalized spacial score (nSPS) is 14.5. The number of anilines is 1. The number of amides is 2. The number of thiocarbonyl (C=S) groups is 1. The highest BCUT2D eigenvalue weighted by molar-refractivity contribution is 7.80. The Morgan fingerprint density at radius 1 is 1.11 bits per heavy atom. The van der Waals surface area contributed by atoms with E-state index >= 15 is 0 Å². The average Bonchev–Trinajstić information content (AvgIpc) is 3.36. The maximum absolute atomic E-state index is 13.3. The van der Waals surface area contributed by atoms with Crippen LogP contribution in [0.25, 0.3) is 6.08 Å². The molecule has 0 radical (unpaired) electrons. The van der Waals surface area contributed by atoms with Crippen LogP contribution in [-0.2, 0) is 20.9 Å². The Bertz CT molecular complexity index is 1450. The van der Waals surface area contributed by atoms with Gasteiger partial charge in [0.25, 0.3) is 11.8 Å². The summed E-state index contributed by atoms with van der Waals surface area (Å²) in [5.74, 6) is -0.776. The highest BCUT2D eigenvalue weighted by atomic mass is 35.5. The highest BCUT2D eigenvalue weighted by Crippen LogP contribution is 2.35. The van der Waals surface area contributed by atoms with Crippen molar-refractivity contribution in [1.82, 2.24) is 5.32 Å². The van der Waals surface area contributed by atoms with Crippen molar-refractivity contribution in [3.05, 3.63) is 81.2 Å². The van der Waals surface area contributed by atoms with Crippen molar-refractivity contribution in [3.8, 4) is 11.5 Å². The second-order valence-electron chi connectivity index (χ2n) is 7.49. The van der Waals surface area contributed by atoms with Gasteiger partial charge in [-0.05, 0) is 60.3 Å². The SMILES string of the molecule is COC(=O)c1ccc(COc2ccc(/C=C3/C(=O)NC(=S)N(c4cccc(Cl)c4Cl)C3=O)cc2OC)o1. The number of esters is 1.